The SMILES string of the molecule is N#CC1(NS(=O)(=O)c2cc(F)c3cnc(C(=O)O)n3c2)CC1. The number of halogens is 1. The number of hydrogen-bond donors (Lipinski definition) is 2. The van der Waals surface area contributed by atoms with Gasteiger partial charge in [0.15, 0.2) is 0 Å². The fourth-order valence-corrected chi connectivity index (χ4v) is 3.40. The quantitative estimate of drug-likeness (QED) is 0.844. The third-order valence-corrected chi connectivity index (χ3v) is 4.87. The topological polar surface area (TPSA) is 125 Å². The molecule has 0 spiro atoms. The maximum absolute atomic E-state index is 14.0. The minimum absolute atomic E-state index is 0.155. The highest BCUT2D eigenvalue weighted by molar-refractivity contribution is 7.89. The first-order valence-electron chi connectivity index (χ1n) is 6.13. The number of rotatable bonds is 4. The summed E-state index contributed by atoms with van der Waals surface area (Å²) in [6.45, 7) is 0. The molecule has 2 aromatic rings. The van der Waals surface area contributed by atoms with Gasteiger partial charge < -0.3 is 5.11 Å². The molecule has 0 aliphatic heterocycles. The molecule has 0 saturated heterocycles. The number of carboxylic acid groups (broad SMARTS) is 1. The van der Waals surface area contributed by atoms with E-state index in [0.29, 0.717) is 12.8 Å². The standard InChI is InChI=1S/C12H9FN4O4S/c13-8-3-7(22(20,21)16-12(6-14)1-2-12)5-17-9(8)4-15-10(17)11(18)19/h3-5,16H,1-2H2,(H,18,19). The average Bonchev–Trinajstić information content (AvgIpc) is 3.06. The van der Waals surface area contributed by atoms with Gasteiger partial charge in [-0.05, 0) is 18.9 Å². The Kier molecular flexibility index (Phi) is 2.95. The van der Waals surface area contributed by atoms with Gasteiger partial charge in [0.05, 0.1) is 12.3 Å². The second-order valence-electron chi connectivity index (χ2n) is 4.97. The molecular formula is C12H9FN4O4S. The van der Waals surface area contributed by atoms with Crippen LogP contribution in [0.2, 0.25) is 0 Å². The van der Waals surface area contributed by atoms with Crippen LogP contribution in [-0.4, -0.2) is 34.4 Å². The lowest BCUT2D eigenvalue weighted by Crippen LogP contribution is -2.35. The van der Waals surface area contributed by atoms with Crippen LogP contribution in [0.1, 0.15) is 23.5 Å². The zero-order valence-corrected chi connectivity index (χ0v) is 11.8. The van der Waals surface area contributed by atoms with Crippen molar-refractivity contribution in [3.8, 4) is 6.07 Å². The Bertz CT molecular complexity index is 940. The van der Waals surface area contributed by atoms with Crippen LogP contribution in [0, 0.1) is 17.1 Å². The molecule has 2 aromatic heterocycles. The number of nitrogens with one attached hydrogen (secondary N) is 1. The Balaban J connectivity index is 2.13. The van der Waals surface area contributed by atoms with Crippen molar-refractivity contribution in [2.75, 3.05) is 0 Å². The lowest BCUT2D eigenvalue weighted by atomic mass is 10.3. The fourth-order valence-electron chi connectivity index (χ4n) is 2.01. The third-order valence-electron chi connectivity index (χ3n) is 3.36. The van der Waals surface area contributed by atoms with Crippen LogP contribution < -0.4 is 4.72 Å². The number of nitriles is 1. The monoisotopic (exact) mass is 324 g/mol. The van der Waals surface area contributed by atoms with Gasteiger partial charge in [0.2, 0.25) is 15.8 Å². The first-order chi connectivity index (χ1) is 10.3. The Labute approximate surface area is 123 Å². The molecule has 2 N–H and O–H groups in total. The third kappa shape index (κ3) is 2.20. The van der Waals surface area contributed by atoms with Gasteiger partial charge in [-0.3, -0.25) is 4.40 Å². The van der Waals surface area contributed by atoms with Crippen LogP contribution in [0.25, 0.3) is 5.52 Å². The van der Waals surface area contributed by atoms with E-state index in [2.05, 4.69) is 9.71 Å². The summed E-state index contributed by atoms with van der Waals surface area (Å²) in [7, 11) is -4.16. The molecule has 22 heavy (non-hydrogen) atoms. The fraction of sp³-hybridized carbons (Fsp3) is 0.250. The number of fused-ring (bicyclic) bond motifs is 1. The molecule has 0 unspecified atom stereocenters. The molecule has 0 bridgehead atoms. The highest BCUT2D eigenvalue weighted by Gasteiger charge is 2.47. The molecule has 1 aliphatic carbocycles. The lowest BCUT2D eigenvalue weighted by molar-refractivity contribution is 0.0682. The molecule has 2 heterocycles. The van der Waals surface area contributed by atoms with Crippen LogP contribution in [0.15, 0.2) is 23.4 Å². The molecule has 3 rings (SSSR count). The molecule has 1 saturated carbocycles. The summed E-state index contributed by atoms with van der Waals surface area (Å²) < 4.78 is 41.5. The summed E-state index contributed by atoms with van der Waals surface area (Å²) >= 11 is 0. The van der Waals surface area contributed by atoms with Crippen molar-refractivity contribution < 1.29 is 22.7 Å². The summed E-state index contributed by atoms with van der Waals surface area (Å²) in [5, 5.41) is 17.9. The van der Waals surface area contributed by atoms with E-state index in [4.69, 9.17) is 10.4 Å². The van der Waals surface area contributed by atoms with Crippen molar-refractivity contribution >= 4 is 21.5 Å². The van der Waals surface area contributed by atoms with E-state index < -0.39 is 38.1 Å². The van der Waals surface area contributed by atoms with Gasteiger partial charge in [-0.15, -0.1) is 0 Å². The smallest absolute Gasteiger partial charge is 0.372 e. The molecule has 0 atom stereocenters. The van der Waals surface area contributed by atoms with Crippen LogP contribution in [-0.2, 0) is 10.0 Å². The van der Waals surface area contributed by atoms with Crippen molar-refractivity contribution in [2.24, 2.45) is 0 Å². The number of aromatic carboxylic acids is 1. The molecule has 0 amide bonds. The zero-order valence-electron chi connectivity index (χ0n) is 10.9. The van der Waals surface area contributed by atoms with Gasteiger partial charge in [0.1, 0.15) is 21.8 Å². The second kappa shape index (κ2) is 4.49. The number of sulfonamides is 1. The van der Waals surface area contributed by atoms with Gasteiger partial charge in [-0.1, -0.05) is 0 Å². The second-order valence-corrected chi connectivity index (χ2v) is 6.65. The summed E-state index contributed by atoms with van der Waals surface area (Å²) in [5.74, 6) is -2.85. The number of carboxylic acids is 1. The average molecular weight is 324 g/mol. The zero-order chi connectivity index (χ0) is 16.1. The summed E-state index contributed by atoms with van der Waals surface area (Å²) in [6.07, 6.45) is 2.71. The number of aromatic nitrogens is 2. The first-order valence-corrected chi connectivity index (χ1v) is 7.61. The summed E-state index contributed by atoms with van der Waals surface area (Å²) in [5.41, 5.74) is -1.31. The van der Waals surface area contributed by atoms with E-state index in [1.54, 1.807) is 0 Å². The van der Waals surface area contributed by atoms with E-state index in [-0.39, 0.29) is 5.52 Å². The Hall–Kier alpha value is -2.51. The Morgan fingerprint density at radius 1 is 1.55 bits per heavy atom. The largest absolute Gasteiger partial charge is 0.475 e. The Morgan fingerprint density at radius 3 is 2.77 bits per heavy atom. The molecule has 1 fully saturated rings. The van der Waals surface area contributed by atoms with E-state index in [1.807, 2.05) is 6.07 Å². The first kappa shape index (κ1) is 14.4. The van der Waals surface area contributed by atoms with Gasteiger partial charge in [-0.2, -0.15) is 9.98 Å². The molecule has 8 nitrogen and oxygen atoms in total. The number of nitrogens with zero attached hydrogens (tertiary/aromatic N) is 3. The van der Waals surface area contributed by atoms with Crippen LogP contribution in [0.4, 0.5) is 4.39 Å². The van der Waals surface area contributed by atoms with Gasteiger partial charge in [0.25, 0.3) is 0 Å². The Morgan fingerprint density at radius 2 is 2.23 bits per heavy atom. The highest BCUT2D eigenvalue weighted by Crippen LogP contribution is 2.36. The highest BCUT2D eigenvalue weighted by atomic mass is 32.2. The predicted molar refractivity (Wildman–Crippen MR) is 70.0 cm³/mol. The normalized spacial score (nSPS) is 16.4. The number of carbonyl (C=O) groups is 1. The number of hydrogen-bond acceptors (Lipinski definition) is 5. The summed E-state index contributed by atoms with van der Waals surface area (Å²) in [6, 6.07) is 2.62. The molecule has 10 heteroatoms. The van der Waals surface area contributed by atoms with E-state index in [0.717, 1.165) is 22.9 Å². The summed E-state index contributed by atoms with van der Waals surface area (Å²) in [4.78, 5) is 14.1. The predicted octanol–water partition coefficient (Wildman–Crippen LogP) is 0.506. The van der Waals surface area contributed by atoms with Crippen molar-refractivity contribution in [1.82, 2.24) is 14.1 Å². The maximum Gasteiger partial charge on any atom is 0.372 e. The van der Waals surface area contributed by atoms with Crippen molar-refractivity contribution in [1.29, 1.82) is 5.26 Å². The minimum atomic E-state index is -4.16. The van der Waals surface area contributed by atoms with Crippen molar-refractivity contribution in [3.05, 3.63) is 30.1 Å². The van der Waals surface area contributed by atoms with Crippen LogP contribution >= 0.6 is 0 Å². The van der Waals surface area contributed by atoms with E-state index >= 15 is 0 Å². The molecule has 0 radical (unpaired) electrons. The van der Waals surface area contributed by atoms with Gasteiger partial charge in [-0.25, -0.2) is 22.6 Å². The van der Waals surface area contributed by atoms with Gasteiger partial charge in [0, 0.05) is 6.20 Å². The molecular weight excluding hydrogens is 315 g/mol. The number of pyridine rings is 1. The van der Waals surface area contributed by atoms with E-state index in [1.165, 1.54) is 0 Å². The van der Waals surface area contributed by atoms with Crippen LogP contribution in [0.3, 0.4) is 0 Å². The molecule has 114 valence electrons. The number of imidazole rings is 1. The van der Waals surface area contributed by atoms with Gasteiger partial charge >= 0.3 is 5.97 Å². The van der Waals surface area contributed by atoms with E-state index in [9.17, 15) is 17.6 Å². The van der Waals surface area contributed by atoms with Crippen molar-refractivity contribution in [2.45, 2.75) is 23.3 Å². The van der Waals surface area contributed by atoms with Crippen molar-refractivity contribution in [3.63, 3.8) is 0 Å². The maximum atomic E-state index is 14.0. The lowest BCUT2D eigenvalue weighted by Gasteiger charge is -2.11. The van der Waals surface area contributed by atoms with Crippen LogP contribution in [0.5, 0.6) is 0 Å². The minimum Gasteiger partial charge on any atom is -0.475 e. The molecule has 0 aromatic carbocycles. The molecule has 1 aliphatic rings.